The number of halogens is 1. The van der Waals surface area contributed by atoms with E-state index in [1.807, 2.05) is 12.1 Å². The molecule has 1 atom stereocenters. The van der Waals surface area contributed by atoms with Crippen molar-refractivity contribution in [1.82, 2.24) is 30.4 Å². The van der Waals surface area contributed by atoms with Gasteiger partial charge in [-0.3, -0.25) is 4.79 Å². The van der Waals surface area contributed by atoms with E-state index in [2.05, 4.69) is 57.0 Å². The first-order valence-electron chi connectivity index (χ1n) is 9.56. The Morgan fingerprint density at radius 2 is 1.80 bits per heavy atom. The highest BCUT2D eigenvalue weighted by atomic mass is 19.1. The van der Waals surface area contributed by atoms with E-state index in [0.717, 1.165) is 5.56 Å². The lowest BCUT2D eigenvalue weighted by atomic mass is 9.91. The van der Waals surface area contributed by atoms with E-state index >= 15 is 0 Å². The number of hydrogen-bond donors (Lipinski definition) is 2. The van der Waals surface area contributed by atoms with Crippen molar-refractivity contribution < 1.29 is 4.39 Å². The summed E-state index contributed by atoms with van der Waals surface area (Å²) in [5.41, 5.74) is 3.88. The molecule has 0 aliphatic carbocycles. The molecule has 1 aliphatic heterocycles. The molecule has 0 unspecified atom stereocenters. The minimum Gasteiger partial charge on any atom is -0.318 e. The zero-order chi connectivity index (χ0) is 20.8. The molecule has 0 amide bonds. The van der Waals surface area contributed by atoms with Gasteiger partial charge in [-0.05, 0) is 51.7 Å². The van der Waals surface area contributed by atoms with Gasteiger partial charge in [-0.1, -0.05) is 43.2 Å². The largest absolute Gasteiger partial charge is 0.318 e. The van der Waals surface area contributed by atoms with Crippen LogP contribution < -0.4 is 10.9 Å². The van der Waals surface area contributed by atoms with Gasteiger partial charge in [-0.15, -0.1) is 0 Å². The van der Waals surface area contributed by atoms with Crippen molar-refractivity contribution in [3.63, 3.8) is 0 Å². The van der Waals surface area contributed by atoms with Crippen molar-refractivity contribution >= 4 is 11.6 Å². The fourth-order valence-electron chi connectivity index (χ4n) is 3.74. The summed E-state index contributed by atoms with van der Waals surface area (Å²) in [6, 6.07) is 13.6. The number of rotatable bonds is 3. The molecule has 150 valence electrons. The monoisotopic (exact) mass is 403 g/mol. The third-order valence-electron chi connectivity index (χ3n) is 5.30. The van der Waals surface area contributed by atoms with Crippen LogP contribution in [0.15, 0.2) is 53.3 Å². The molecular weight excluding hydrogens is 385 g/mol. The number of tetrazole rings is 1. The van der Waals surface area contributed by atoms with E-state index in [4.69, 9.17) is 0 Å². The highest BCUT2D eigenvalue weighted by Gasteiger charge is 2.34. The molecule has 0 radical (unpaired) electrons. The molecular formula is C21H18FN7O. The first-order valence-corrected chi connectivity index (χ1v) is 9.56. The van der Waals surface area contributed by atoms with Gasteiger partial charge in [-0.25, -0.2) is 9.49 Å². The Morgan fingerprint density at radius 1 is 1.07 bits per heavy atom. The molecule has 1 aliphatic rings. The van der Waals surface area contributed by atoms with Gasteiger partial charge < -0.3 is 5.32 Å². The summed E-state index contributed by atoms with van der Waals surface area (Å²) in [4.78, 5) is 12.6. The van der Waals surface area contributed by atoms with E-state index in [-0.39, 0.29) is 11.4 Å². The average Bonchev–Trinajstić information content (AvgIpc) is 3.22. The Kier molecular flexibility index (Phi) is 4.16. The predicted molar refractivity (Wildman–Crippen MR) is 109 cm³/mol. The molecule has 4 aromatic rings. The molecule has 9 heteroatoms. The molecule has 0 fully saturated rings. The molecule has 0 saturated carbocycles. The number of fused-ring (bicyclic) bond motifs is 2. The van der Waals surface area contributed by atoms with Gasteiger partial charge in [0.2, 0.25) is 5.95 Å². The van der Waals surface area contributed by atoms with E-state index in [9.17, 15) is 9.18 Å². The Labute approximate surface area is 170 Å². The van der Waals surface area contributed by atoms with Crippen LogP contribution in [-0.4, -0.2) is 30.4 Å². The Balaban J connectivity index is 1.76. The number of aromatic nitrogens is 6. The third kappa shape index (κ3) is 2.86. The second-order valence-corrected chi connectivity index (χ2v) is 7.49. The molecule has 3 heterocycles. The topological polar surface area (TPSA) is 101 Å². The maximum atomic E-state index is 13.5. The van der Waals surface area contributed by atoms with Gasteiger partial charge >= 0.3 is 0 Å². The Hall–Kier alpha value is -3.88. The van der Waals surface area contributed by atoms with Gasteiger partial charge in [0, 0.05) is 11.1 Å². The number of hydrogen-bond acceptors (Lipinski definition) is 6. The lowest BCUT2D eigenvalue weighted by molar-refractivity contribution is 0.567. The Bertz CT molecular complexity index is 1280. The van der Waals surface area contributed by atoms with Crippen molar-refractivity contribution in [1.29, 1.82) is 0 Å². The smallest absolute Gasteiger partial charge is 0.288 e. The fraction of sp³-hybridized carbons (Fsp3) is 0.190. The molecule has 2 aromatic carbocycles. The lowest BCUT2D eigenvalue weighted by Gasteiger charge is -2.28. The van der Waals surface area contributed by atoms with Crippen molar-refractivity contribution in [3.8, 4) is 11.3 Å². The Morgan fingerprint density at radius 3 is 2.50 bits per heavy atom. The standard InChI is InChI=1S/C21H18FN7O/c1-11(2)12-3-5-14(6-4-12)19-16-17(13-7-9-15(22)10-8-13)24-25-20(30)18(16)23-21-26-27-28-29(19)21/h3-11,19H,1-2H3,(H,25,30)(H,23,26,28)/t19-/m1/s1. The predicted octanol–water partition coefficient (Wildman–Crippen LogP) is 3.38. The molecule has 5 rings (SSSR count). The summed E-state index contributed by atoms with van der Waals surface area (Å²) in [5, 5.41) is 21.7. The SMILES string of the molecule is CC(C)c1ccc([C@@H]2c3c(-c4ccc(F)cc4)n[nH]c(=O)c3Nc3nnnn32)cc1. The highest BCUT2D eigenvalue weighted by Crippen LogP contribution is 2.41. The van der Waals surface area contributed by atoms with Crippen LogP contribution in [0.5, 0.6) is 0 Å². The second-order valence-electron chi connectivity index (χ2n) is 7.49. The van der Waals surface area contributed by atoms with Crippen molar-refractivity contribution in [2.45, 2.75) is 25.8 Å². The second kappa shape index (κ2) is 6.87. The minimum absolute atomic E-state index is 0.324. The van der Waals surface area contributed by atoms with E-state index in [1.54, 1.807) is 16.8 Å². The summed E-state index contributed by atoms with van der Waals surface area (Å²) in [6.45, 7) is 4.26. The van der Waals surface area contributed by atoms with Gasteiger partial charge in [0.05, 0.1) is 5.69 Å². The van der Waals surface area contributed by atoms with Crippen molar-refractivity contribution in [2.75, 3.05) is 5.32 Å². The first kappa shape index (κ1) is 18.2. The molecule has 0 saturated heterocycles. The summed E-state index contributed by atoms with van der Waals surface area (Å²) >= 11 is 0. The lowest BCUT2D eigenvalue weighted by Crippen LogP contribution is -2.29. The van der Waals surface area contributed by atoms with Crippen LogP contribution in [0.1, 0.15) is 42.5 Å². The number of nitrogens with one attached hydrogen (secondary N) is 2. The van der Waals surface area contributed by atoms with Crippen LogP contribution in [0.25, 0.3) is 11.3 Å². The molecule has 0 bridgehead atoms. The molecule has 2 aromatic heterocycles. The normalized spacial score (nSPS) is 14.9. The minimum atomic E-state index is -0.470. The van der Waals surface area contributed by atoms with Crippen LogP contribution in [0.3, 0.4) is 0 Å². The third-order valence-corrected chi connectivity index (χ3v) is 5.30. The van der Waals surface area contributed by atoms with Gasteiger partial charge in [0.25, 0.3) is 5.56 Å². The van der Waals surface area contributed by atoms with Crippen molar-refractivity contribution in [3.05, 3.63) is 81.4 Å². The molecule has 0 spiro atoms. The van der Waals surface area contributed by atoms with Crippen LogP contribution in [-0.2, 0) is 0 Å². The van der Waals surface area contributed by atoms with Gasteiger partial charge in [-0.2, -0.15) is 9.78 Å². The van der Waals surface area contributed by atoms with Gasteiger partial charge in [0.15, 0.2) is 0 Å². The van der Waals surface area contributed by atoms with Crippen LogP contribution >= 0.6 is 0 Å². The van der Waals surface area contributed by atoms with Crippen LogP contribution in [0.4, 0.5) is 16.0 Å². The van der Waals surface area contributed by atoms with E-state index in [1.165, 1.54) is 17.7 Å². The number of H-pyrrole nitrogens is 1. The molecule has 8 nitrogen and oxygen atoms in total. The zero-order valence-corrected chi connectivity index (χ0v) is 16.3. The number of anilines is 2. The summed E-state index contributed by atoms with van der Waals surface area (Å²) < 4.78 is 15.1. The van der Waals surface area contributed by atoms with Crippen molar-refractivity contribution in [2.24, 2.45) is 0 Å². The van der Waals surface area contributed by atoms with Gasteiger partial charge in [0.1, 0.15) is 17.5 Å². The molecule has 2 N–H and O–H groups in total. The summed E-state index contributed by atoms with van der Waals surface area (Å²) in [7, 11) is 0. The maximum absolute atomic E-state index is 13.5. The summed E-state index contributed by atoms with van der Waals surface area (Å²) in [6.07, 6.45) is 0. The molecule has 30 heavy (non-hydrogen) atoms. The number of nitrogens with zero attached hydrogens (tertiary/aromatic N) is 5. The average molecular weight is 403 g/mol. The number of aromatic amines is 1. The first-order chi connectivity index (χ1) is 14.5. The summed E-state index contributed by atoms with van der Waals surface area (Å²) in [5.74, 6) is 0.406. The zero-order valence-electron chi connectivity index (χ0n) is 16.3. The maximum Gasteiger partial charge on any atom is 0.288 e. The fourth-order valence-corrected chi connectivity index (χ4v) is 3.74. The van der Waals surface area contributed by atoms with Crippen LogP contribution in [0.2, 0.25) is 0 Å². The highest BCUT2D eigenvalue weighted by molar-refractivity contribution is 5.75. The van der Waals surface area contributed by atoms with E-state index in [0.29, 0.717) is 34.4 Å². The quantitative estimate of drug-likeness (QED) is 0.479. The van der Waals surface area contributed by atoms with Crippen LogP contribution in [0, 0.1) is 5.82 Å². The van der Waals surface area contributed by atoms with E-state index < -0.39 is 6.04 Å². The number of benzene rings is 2.